The summed E-state index contributed by atoms with van der Waals surface area (Å²) in [6.07, 6.45) is 2.30. The molecule has 184 valence electrons. The van der Waals surface area contributed by atoms with E-state index < -0.39 is 0 Å². The lowest BCUT2D eigenvalue weighted by Gasteiger charge is -2.22. The van der Waals surface area contributed by atoms with E-state index in [1.807, 2.05) is 38.3 Å². The van der Waals surface area contributed by atoms with Crippen LogP contribution in [0.5, 0.6) is 5.75 Å². The van der Waals surface area contributed by atoms with Crippen molar-refractivity contribution in [2.75, 3.05) is 19.4 Å². The highest BCUT2D eigenvalue weighted by Gasteiger charge is 2.25. The first-order valence-corrected chi connectivity index (χ1v) is 13.2. The summed E-state index contributed by atoms with van der Waals surface area (Å²) in [6.45, 7) is 5.10. The molecule has 1 N–H and O–H groups in total. The van der Waals surface area contributed by atoms with Gasteiger partial charge in [-0.25, -0.2) is 4.39 Å². The number of aromatic amines is 1. The Morgan fingerprint density at radius 1 is 1.08 bits per heavy atom. The average molecular weight is 502 g/mol. The van der Waals surface area contributed by atoms with E-state index >= 15 is 0 Å². The summed E-state index contributed by atoms with van der Waals surface area (Å²) in [6, 6.07) is 19.8. The predicted octanol–water partition coefficient (Wildman–Crippen LogP) is 6.51. The number of aromatic nitrogens is 2. The summed E-state index contributed by atoms with van der Waals surface area (Å²) in [5.41, 5.74) is 6.92. The van der Waals surface area contributed by atoms with Crippen LogP contribution in [0, 0.1) is 12.7 Å². The Morgan fingerprint density at radius 3 is 2.53 bits per heavy atom. The van der Waals surface area contributed by atoms with Gasteiger partial charge in [-0.2, -0.15) is 5.10 Å². The first kappa shape index (κ1) is 24.1. The summed E-state index contributed by atoms with van der Waals surface area (Å²) < 4.78 is 20.9. The number of benzene rings is 3. The van der Waals surface area contributed by atoms with Crippen molar-refractivity contribution in [3.05, 3.63) is 88.9 Å². The zero-order valence-electron chi connectivity index (χ0n) is 20.6. The molecule has 0 fully saturated rings. The van der Waals surface area contributed by atoms with E-state index in [0.717, 1.165) is 39.4 Å². The first-order chi connectivity index (χ1) is 17.5. The number of fused-ring (bicyclic) bond motifs is 1. The summed E-state index contributed by atoms with van der Waals surface area (Å²) in [7, 11) is 0. The predicted molar refractivity (Wildman–Crippen MR) is 142 cm³/mol. The molecule has 0 saturated heterocycles. The highest BCUT2D eigenvalue weighted by atomic mass is 32.2. The zero-order chi connectivity index (χ0) is 25.2. The Bertz CT molecular complexity index is 1410. The molecule has 1 aromatic heterocycles. The number of thioether (sulfide) groups is 1. The van der Waals surface area contributed by atoms with Crippen LogP contribution < -0.4 is 4.74 Å². The third-order valence-electron chi connectivity index (χ3n) is 6.56. The number of H-pyrrole nitrogens is 1. The van der Waals surface area contributed by atoms with Crippen LogP contribution in [0.2, 0.25) is 0 Å². The van der Waals surface area contributed by atoms with Crippen LogP contribution in [-0.2, 0) is 13.0 Å². The molecule has 0 radical (unpaired) electrons. The lowest BCUT2D eigenvalue weighted by Crippen LogP contribution is -2.33. The van der Waals surface area contributed by atoms with Gasteiger partial charge in [-0.3, -0.25) is 9.89 Å². The van der Waals surface area contributed by atoms with Crippen LogP contribution in [0.15, 0.2) is 65.6 Å². The van der Waals surface area contributed by atoms with Crippen LogP contribution in [0.4, 0.5) is 4.39 Å². The van der Waals surface area contributed by atoms with Gasteiger partial charge in [-0.05, 0) is 61.1 Å². The Kier molecular flexibility index (Phi) is 6.83. The molecule has 0 aliphatic carbocycles. The third kappa shape index (κ3) is 4.63. The quantitative estimate of drug-likeness (QED) is 0.317. The first-order valence-electron chi connectivity index (χ1n) is 12.0. The van der Waals surface area contributed by atoms with Crippen molar-refractivity contribution in [2.45, 2.75) is 31.7 Å². The average Bonchev–Trinajstić information content (AvgIpc) is 3.22. The largest absolute Gasteiger partial charge is 0.491 e. The maximum absolute atomic E-state index is 14.9. The van der Waals surface area contributed by atoms with Crippen molar-refractivity contribution in [3.63, 3.8) is 0 Å². The molecule has 0 bridgehead atoms. The molecule has 3 aromatic carbocycles. The highest BCUT2D eigenvalue weighted by Crippen LogP contribution is 2.32. The molecule has 5 nitrogen and oxygen atoms in total. The van der Waals surface area contributed by atoms with Gasteiger partial charge < -0.3 is 9.64 Å². The van der Waals surface area contributed by atoms with Crippen molar-refractivity contribution in [3.8, 4) is 28.1 Å². The van der Waals surface area contributed by atoms with Crippen LogP contribution in [0.3, 0.4) is 0 Å². The SMILES string of the molecule is CCc1c(C(=O)N2CCOc3ccc(-c4ccc(-c5cc(C)[nH]n5)cc4)cc3C2)ccc(SC)c1F. The molecule has 0 unspecified atom stereocenters. The van der Waals surface area contributed by atoms with Crippen LogP contribution in [0.25, 0.3) is 22.4 Å². The van der Waals surface area contributed by atoms with E-state index in [2.05, 4.69) is 40.5 Å². The minimum absolute atomic E-state index is 0.168. The molecule has 5 rings (SSSR count). The van der Waals surface area contributed by atoms with E-state index in [4.69, 9.17) is 4.74 Å². The van der Waals surface area contributed by atoms with Crippen molar-refractivity contribution in [1.82, 2.24) is 15.1 Å². The zero-order valence-corrected chi connectivity index (χ0v) is 21.4. The second-order valence-corrected chi connectivity index (χ2v) is 9.72. The van der Waals surface area contributed by atoms with E-state index in [0.29, 0.717) is 42.1 Å². The molecule has 1 aliphatic rings. The summed E-state index contributed by atoms with van der Waals surface area (Å²) in [5.74, 6) is 0.314. The minimum atomic E-state index is -0.293. The Morgan fingerprint density at radius 2 is 1.83 bits per heavy atom. The van der Waals surface area contributed by atoms with Crippen LogP contribution in [-0.4, -0.2) is 40.4 Å². The lowest BCUT2D eigenvalue weighted by atomic mass is 9.99. The van der Waals surface area contributed by atoms with Gasteiger partial charge in [0.05, 0.1) is 12.2 Å². The number of nitrogens with zero attached hydrogens (tertiary/aromatic N) is 2. The van der Waals surface area contributed by atoms with Gasteiger partial charge in [0.2, 0.25) is 0 Å². The number of ether oxygens (including phenoxy) is 1. The van der Waals surface area contributed by atoms with E-state index in [1.54, 1.807) is 17.0 Å². The summed E-state index contributed by atoms with van der Waals surface area (Å²) in [4.78, 5) is 15.8. The van der Waals surface area contributed by atoms with Crippen molar-refractivity contribution < 1.29 is 13.9 Å². The third-order valence-corrected chi connectivity index (χ3v) is 7.31. The topological polar surface area (TPSA) is 58.2 Å². The molecule has 36 heavy (non-hydrogen) atoms. The number of carbonyl (C=O) groups is 1. The van der Waals surface area contributed by atoms with Crippen molar-refractivity contribution in [1.29, 1.82) is 0 Å². The minimum Gasteiger partial charge on any atom is -0.491 e. The Hall–Kier alpha value is -3.58. The molecular formula is C29H28FN3O2S. The Balaban J connectivity index is 1.42. The van der Waals surface area contributed by atoms with Gasteiger partial charge in [0.15, 0.2) is 0 Å². The second-order valence-electron chi connectivity index (χ2n) is 8.87. The van der Waals surface area contributed by atoms with E-state index in [-0.39, 0.29) is 11.7 Å². The van der Waals surface area contributed by atoms with Gasteiger partial charge in [0, 0.05) is 39.4 Å². The molecule has 1 amide bonds. The molecule has 0 spiro atoms. The normalized spacial score (nSPS) is 13.2. The van der Waals surface area contributed by atoms with Gasteiger partial charge in [0.1, 0.15) is 18.2 Å². The monoisotopic (exact) mass is 501 g/mol. The fourth-order valence-corrected chi connectivity index (χ4v) is 5.13. The van der Waals surface area contributed by atoms with E-state index in [9.17, 15) is 9.18 Å². The number of hydrogen-bond acceptors (Lipinski definition) is 4. The molecular weight excluding hydrogens is 473 g/mol. The second kappa shape index (κ2) is 10.2. The Labute approximate surface area is 214 Å². The number of amides is 1. The fourth-order valence-electron chi connectivity index (χ4n) is 4.62. The van der Waals surface area contributed by atoms with Gasteiger partial charge in [-0.1, -0.05) is 37.3 Å². The van der Waals surface area contributed by atoms with Crippen LogP contribution in [0.1, 0.15) is 34.1 Å². The number of rotatable bonds is 5. The maximum Gasteiger partial charge on any atom is 0.254 e. The molecule has 4 aromatic rings. The lowest BCUT2D eigenvalue weighted by molar-refractivity contribution is 0.0731. The van der Waals surface area contributed by atoms with Crippen molar-refractivity contribution in [2.24, 2.45) is 0 Å². The highest BCUT2D eigenvalue weighted by molar-refractivity contribution is 7.98. The number of hydrogen-bond donors (Lipinski definition) is 1. The van der Waals surface area contributed by atoms with E-state index in [1.165, 1.54) is 11.8 Å². The summed E-state index contributed by atoms with van der Waals surface area (Å²) >= 11 is 1.35. The number of halogens is 1. The maximum atomic E-state index is 14.9. The molecule has 1 aliphatic heterocycles. The number of aryl methyl sites for hydroxylation is 1. The van der Waals surface area contributed by atoms with Gasteiger partial charge in [0.25, 0.3) is 5.91 Å². The smallest absolute Gasteiger partial charge is 0.254 e. The standard InChI is InChI=1S/C29H28FN3O2S/c1-4-23-24(10-12-27(36-3)28(23)30)29(34)33-13-14-35-26-11-9-21(16-22(26)17-33)19-5-7-20(8-6-19)25-15-18(2)31-32-25/h5-12,15-16H,4,13-14,17H2,1-3H3,(H,31,32). The van der Waals surface area contributed by atoms with Crippen molar-refractivity contribution >= 4 is 17.7 Å². The van der Waals surface area contributed by atoms with Gasteiger partial charge in [-0.15, -0.1) is 11.8 Å². The van der Waals surface area contributed by atoms with Gasteiger partial charge >= 0.3 is 0 Å². The molecule has 7 heteroatoms. The molecule has 0 saturated carbocycles. The summed E-state index contributed by atoms with van der Waals surface area (Å²) in [5, 5.41) is 7.31. The van der Waals surface area contributed by atoms with Crippen LogP contribution >= 0.6 is 11.8 Å². The molecule has 2 heterocycles. The number of carbonyl (C=O) groups excluding carboxylic acids is 1. The molecule has 0 atom stereocenters. The fraction of sp³-hybridized carbons (Fsp3) is 0.241. The number of nitrogens with one attached hydrogen (secondary N) is 1.